The third-order valence-electron chi connectivity index (χ3n) is 2.77. The summed E-state index contributed by atoms with van der Waals surface area (Å²) in [4.78, 5) is 34.8. The monoisotopic (exact) mass is 307 g/mol. The second-order valence-corrected chi connectivity index (χ2v) is 4.27. The van der Waals surface area contributed by atoms with Crippen molar-refractivity contribution >= 4 is 29.7 Å². The van der Waals surface area contributed by atoms with Gasteiger partial charge in [-0.3, -0.25) is 9.59 Å². The number of esters is 2. The summed E-state index contributed by atoms with van der Waals surface area (Å²) in [6.07, 6.45) is 2.47. The van der Waals surface area contributed by atoms with E-state index < -0.39 is 17.9 Å². The molecule has 118 valence electrons. The van der Waals surface area contributed by atoms with Crippen molar-refractivity contribution < 1.29 is 29.0 Å². The number of ether oxygens (including phenoxy) is 2. The van der Waals surface area contributed by atoms with Crippen LogP contribution in [0.1, 0.15) is 5.56 Å². The molecule has 0 spiro atoms. The molecule has 7 nitrogen and oxygen atoms in total. The van der Waals surface area contributed by atoms with Crippen LogP contribution >= 0.6 is 0 Å². The van der Waals surface area contributed by atoms with Gasteiger partial charge in [0, 0.05) is 11.8 Å². The molecule has 0 radical (unpaired) electrons. The van der Waals surface area contributed by atoms with E-state index in [-0.39, 0.29) is 13.1 Å². The zero-order valence-corrected chi connectivity index (χ0v) is 12.3. The first-order valence-corrected chi connectivity index (χ1v) is 6.36. The lowest BCUT2D eigenvalue weighted by molar-refractivity contribution is -0.140. The van der Waals surface area contributed by atoms with Crippen LogP contribution in [0.25, 0.3) is 6.08 Å². The molecule has 7 heteroatoms. The lowest BCUT2D eigenvalue weighted by atomic mass is 10.2. The number of carboxylic acid groups (broad SMARTS) is 1. The Morgan fingerprint density at radius 1 is 1.05 bits per heavy atom. The summed E-state index contributed by atoms with van der Waals surface area (Å²) < 4.78 is 9.19. The summed E-state index contributed by atoms with van der Waals surface area (Å²) in [5.74, 6) is -2.01. The summed E-state index contributed by atoms with van der Waals surface area (Å²) in [5.41, 5.74) is 1.30. The maximum Gasteiger partial charge on any atom is 0.328 e. The van der Waals surface area contributed by atoms with Gasteiger partial charge in [0.15, 0.2) is 0 Å². The maximum atomic E-state index is 11.4. The molecule has 0 unspecified atom stereocenters. The molecule has 0 fully saturated rings. The summed E-state index contributed by atoms with van der Waals surface area (Å²) in [6, 6.07) is 6.70. The lowest BCUT2D eigenvalue weighted by Crippen LogP contribution is -2.35. The van der Waals surface area contributed by atoms with Gasteiger partial charge in [0.05, 0.1) is 14.2 Å². The number of carbonyl (C=O) groups is 3. The van der Waals surface area contributed by atoms with E-state index in [1.54, 1.807) is 24.3 Å². The smallest absolute Gasteiger partial charge is 0.328 e. The van der Waals surface area contributed by atoms with Crippen molar-refractivity contribution in [1.82, 2.24) is 0 Å². The van der Waals surface area contributed by atoms with Crippen LogP contribution in [0, 0.1) is 0 Å². The highest BCUT2D eigenvalue weighted by Crippen LogP contribution is 2.16. The first kappa shape index (κ1) is 17.2. The Balaban J connectivity index is 2.91. The summed E-state index contributed by atoms with van der Waals surface area (Å²) in [5, 5.41) is 8.57. The van der Waals surface area contributed by atoms with Gasteiger partial charge in [-0.1, -0.05) is 12.1 Å². The van der Waals surface area contributed by atoms with E-state index in [2.05, 4.69) is 9.47 Å². The molecular formula is C15H17NO6. The number of nitrogens with zero attached hydrogens (tertiary/aromatic N) is 1. The summed E-state index contributed by atoms with van der Waals surface area (Å²) in [7, 11) is 2.52. The third-order valence-corrected chi connectivity index (χ3v) is 2.77. The first-order chi connectivity index (χ1) is 10.5. The number of carboxylic acids is 1. The molecule has 0 saturated heterocycles. The number of anilines is 1. The Labute approximate surface area is 127 Å². The number of aliphatic carboxylic acids is 1. The van der Waals surface area contributed by atoms with Crippen LogP contribution in [0.3, 0.4) is 0 Å². The van der Waals surface area contributed by atoms with Crippen molar-refractivity contribution in [2.24, 2.45) is 0 Å². The van der Waals surface area contributed by atoms with E-state index in [9.17, 15) is 14.4 Å². The topological polar surface area (TPSA) is 93.1 Å². The van der Waals surface area contributed by atoms with E-state index in [1.807, 2.05) is 0 Å². The Morgan fingerprint density at radius 3 is 1.95 bits per heavy atom. The minimum atomic E-state index is -1.04. The highest BCUT2D eigenvalue weighted by molar-refractivity contribution is 5.85. The molecule has 0 bridgehead atoms. The number of carbonyl (C=O) groups excluding carboxylic acids is 2. The van der Waals surface area contributed by atoms with Gasteiger partial charge >= 0.3 is 17.9 Å². The molecule has 0 aliphatic rings. The molecule has 0 heterocycles. The fourth-order valence-corrected chi connectivity index (χ4v) is 1.64. The molecule has 1 aromatic rings. The fourth-order valence-electron chi connectivity index (χ4n) is 1.64. The van der Waals surface area contributed by atoms with Crippen molar-refractivity contribution in [3.05, 3.63) is 35.9 Å². The highest BCUT2D eigenvalue weighted by Gasteiger charge is 2.15. The second kappa shape index (κ2) is 8.46. The number of benzene rings is 1. The van der Waals surface area contributed by atoms with Crippen molar-refractivity contribution in [2.75, 3.05) is 32.2 Å². The van der Waals surface area contributed by atoms with Crippen molar-refractivity contribution in [1.29, 1.82) is 0 Å². The van der Waals surface area contributed by atoms with Gasteiger partial charge in [-0.15, -0.1) is 0 Å². The minimum Gasteiger partial charge on any atom is -0.478 e. The minimum absolute atomic E-state index is 0.101. The van der Waals surface area contributed by atoms with Crippen LogP contribution in [0.15, 0.2) is 30.3 Å². The van der Waals surface area contributed by atoms with Gasteiger partial charge in [-0.2, -0.15) is 0 Å². The molecule has 0 aromatic heterocycles. The van der Waals surface area contributed by atoms with Crippen LogP contribution in [-0.2, 0) is 23.9 Å². The van der Waals surface area contributed by atoms with Gasteiger partial charge in [-0.05, 0) is 23.8 Å². The van der Waals surface area contributed by atoms with E-state index in [4.69, 9.17) is 5.11 Å². The lowest BCUT2D eigenvalue weighted by Gasteiger charge is -2.22. The summed E-state index contributed by atoms with van der Waals surface area (Å²) in [6.45, 7) is -0.203. The standard InChI is InChI=1S/C15H17NO6/c1-21-14(19)9-16(10-15(20)22-2)12-6-3-11(4-7-12)5-8-13(17)18/h3-8H,9-10H2,1-2H3,(H,17,18). The van der Waals surface area contributed by atoms with Gasteiger partial charge in [0.25, 0.3) is 0 Å². The Hall–Kier alpha value is -2.83. The number of hydrogen-bond donors (Lipinski definition) is 1. The molecule has 22 heavy (non-hydrogen) atoms. The van der Waals surface area contributed by atoms with E-state index in [1.165, 1.54) is 25.2 Å². The first-order valence-electron chi connectivity index (χ1n) is 6.36. The molecule has 0 aliphatic carbocycles. The molecule has 0 amide bonds. The van der Waals surface area contributed by atoms with Gasteiger partial charge in [0.1, 0.15) is 13.1 Å². The largest absolute Gasteiger partial charge is 0.478 e. The highest BCUT2D eigenvalue weighted by atomic mass is 16.5. The van der Waals surface area contributed by atoms with E-state index in [0.717, 1.165) is 6.08 Å². The zero-order chi connectivity index (χ0) is 16.5. The van der Waals surface area contributed by atoms with Crippen LogP contribution in [0.2, 0.25) is 0 Å². The SMILES string of the molecule is COC(=O)CN(CC(=O)OC)c1ccc(C=CC(=O)O)cc1. The quantitative estimate of drug-likeness (QED) is 0.592. The predicted octanol–water partition coefficient (Wildman–Crippen LogP) is 0.937. The Bertz CT molecular complexity index is 546. The van der Waals surface area contributed by atoms with Crippen molar-refractivity contribution in [3.63, 3.8) is 0 Å². The normalized spacial score (nSPS) is 10.3. The van der Waals surface area contributed by atoms with E-state index >= 15 is 0 Å². The molecule has 0 aliphatic heterocycles. The number of rotatable bonds is 7. The molecule has 1 rings (SSSR count). The van der Waals surface area contributed by atoms with Gasteiger partial charge in [-0.25, -0.2) is 4.79 Å². The van der Waals surface area contributed by atoms with Crippen molar-refractivity contribution in [2.45, 2.75) is 0 Å². The van der Waals surface area contributed by atoms with Crippen LogP contribution in [0.5, 0.6) is 0 Å². The fraction of sp³-hybridized carbons (Fsp3) is 0.267. The van der Waals surface area contributed by atoms with Crippen molar-refractivity contribution in [3.8, 4) is 0 Å². The van der Waals surface area contributed by atoms with Crippen LogP contribution in [-0.4, -0.2) is 50.3 Å². The van der Waals surface area contributed by atoms with Gasteiger partial charge < -0.3 is 19.5 Å². The number of methoxy groups -OCH3 is 2. The van der Waals surface area contributed by atoms with Crippen LogP contribution in [0.4, 0.5) is 5.69 Å². The molecule has 1 N–H and O–H groups in total. The number of hydrogen-bond acceptors (Lipinski definition) is 6. The van der Waals surface area contributed by atoms with E-state index in [0.29, 0.717) is 11.3 Å². The second-order valence-electron chi connectivity index (χ2n) is 4.27. The zero-order valence-electron chi connectivity index (χ0n) is 12.3. The molecule has 0 saturated carbocycles. The Kier molecular flexibility index (Phi) is 6.62. The molecular weight excluding hydrogens is 290 g/mol. The Morgan fingerprint density at radius 2 is 1.55 bits per heavy atom. The summed E-state index contributed by atoms with van der Waals surface area (Å²) >= 11 is 0. The molecule has 0 atom stereocenters. The average molecular weight is 307 g/mol. The molecule has 1 aromatic carbocycles. The van der Waals surface area contributed by atoms with Gasteiger partial charge in [0.2, 0.25) is 0 Å². The third kappa shape index (κ3) is 5.66. The average Bonchev–Trinajstić information content (AvgIpc) is 2.52. The maximum absolute atomic E-state index is 11.4. The van der Waals surface area contributed by atoms with Crippen LogP contribution < -0.4 is 4.90 Å². The predicted molar refractivity (Wildman–Crippen MR) is 79.4 cm³/mol.